The van der Waals surface area contributed by atoms with Crippen LogP contribution in [0.5, 0.6) is 0 Å². The maximum atomic E-state index is 11.3. The van der Waals surface area contributed by atoms with Crippen molar-refractivity contribution in [1.29, 1.82) is 0 Å². The van der Waals surface area contributed by atoms with Crippen LogP contribution < -0.4 is 0 Å². The van der Waals surface area contributed by atoms with Gasteiger partial charge in [0.05, 0.1) is 12.7 Å². The summed E-state index contributed by atoms with van der Waals surface area (Å²) in [5.74, 6) is -0.401. The summed E-state index contributed by atoms with van der Waals surface area (Å²) in [5, 5.41) is 10.2. The molecule has 0 fully saturated rings. The Labute approximate surface area is 87.6 Å². The molecule has 0 atom stereocenters. The zero-order chi connectivity index (χ0) is 10.1. The van der Waals surface area contributed by atoms with Gasteiger partial charge in [-0.05, 0) is 28.1 Å². The van der Waals surface area contributed by atoms with Crippen molar-refractivity contribution in [2.45, 2.75) is 0 Å². The van der Waals surface area contributed by atoms with Crippen molar-refractivity contribution < 1.29 is 9.53 Å². The van der Waals surface area contributed by atoms with E-state index in [1.54, 1.807) is 12.1 Å². The van der Waals surface area contributed by atoms with Crippen LogP contribution in [0.25, 0.3) is 11.0 Å². The first-order valence-corrected chi connectivity index (χ1v) is 4.60. The van der Waals surface area contributed by atoms with Gasteiger partial charge in [-0.2, -0.15) is 15.4 Å². The van der Waals surface area contributed by atoms with Gasteiger partial charge in [-0.15, -0.1) is 0 Å². The third-order valence-corrected chi connectivity index (χ3v) is 2.47. The number of aromatic nitrogens is 3. The molecule has 0 radical (unpaired) electrons. The van der Waals surface area contributed by atoms with Gasteiger partial charge >= 0.3 is 5.97 Å². The monoisotopic (exact) mass is 255 g/mol. The number of nitrogens with zero attached hydrogens (tertiary/aromatic N) is 2. The fourth-order valence-corrected chi connectivity index (χ4v) is 1.62. The van der Waals surface area contributed by atoms with Crippen molar-refractivity contribution in [3.63, 3.8) is 0 Å². The first-order chi connectivity index (χ1) is 6.72. The first-order valence-electron chi connectivity index (χ1n) is 3.80. The van der Waals surface area contributed by atoms with Crippen LogP contribution in [0, 0.1) is 0 Å². The minimum Gasteiger partial charge on any atom is -0.465 e. The summed E-state index contributed by atoms with van der Waals surface area (Å²) < 4.78 is 5.26. The highest BCUT2D eigenvalue weighted by atomic mass is 79.9. The molecule has 0 amide bonds. The zero-order valence-electron chi connectivity index (χ0n) is 7.24. The SMILES string of the molecule is COC(=O)c1cc2n[nH]nc2cc1Br. The number of H-pyrrole nitrogens is 1. The number of hydrogen-bond acceptors (Lipinski definition) is 4. The summed E-state index contributed by atoms with van der Waals surface area (Å²) >= 11 is 3.26. The molecular formula is C8H6BrN3O2. The molecule has 0 aliphatic rings. The molecule has 6 heteroatoms. The van der Waals surface area contributed by atoms with E-state index in [-0.39, 0.29) is 0 Å². The molecule has 1 N–H and O–H groups in total. The number of esters is 1. The number of methoxy groups -OCH3 is 1. The maximum Gasteiger partial charge on any atom is 0.339 e. The number of rotatable bonds is 1. The maximum absolute atomic E-state index is 11.3. The van der Waals surface area contributed by atoms with E-state index in [1.165, 1.54) is 7.11 Å². The van der Waals surface area contributed by atoms with Crippen molar-refractivity contribution in [3.05, 3.63) is 22.2 Å². The number of ether oxygens (including phenoxy) is 1. The van der Waals surface area contributed by atoms with E-state index >= 15 is 0 Å². The molecule has 14 heavy (non-hydrogen) atoms. The number of fused-ring (bicyclic) bond motifs is 1. The fraction of sp³-hybridized carbons (Fsp3) is 0.125. The van der Waals surface area contributed by atoms with E-state index in [9.17, 15) is 4.79 Å². The second-order valence-corrected chi connectivity index (χ2v) is 3.49. The summed E-state index contributed by atoms with van der Waals surface area (Å²) in [7, 11) is 1.34. The summed E-state index contributed by atoms with van der Waals surface area (Å²) in [6, 6.07) is 3.33. The van der Waals surface area contributed by atoms with Crippen molar-refractivity contribution >= 4 is 32.9 Å². The molecule has 2 aromatic rings. The number of aromatic amines is 1. The Morgan fingerprint density at radius 1 is 1.43 bits per heavy atom. The van der Waals surface area contributed by atoms with Gasteiger partial charge < -0.3 is 4.74 Å². The molecule has 0 aliphatic heterocycles. The highest BCUT2D eigenvalue weighted by Crippen LogP contribution is 2.22. The van der Waals surface area contributed by atoms with Crippen LogP contribution in [0.15, 0.2) is 16.6 Å². The van der Waals surface area contributed by atoms with E-state index in [0.29, 0.717) is 21.1 Å². The summed E-state index contributed by atoms with van der Waals surface area (Å²) in [6.45, 7) is 0. The van der Waals surface area contributed by atoms with Gasteiger partial charge in [0.25, 0.3) is 0 Å². The van der Waals surface area contributed by atoms with Crippen LogP contribution >= 0.6 is 15.9 Å². The van der Waals surface area contributed by atoms with E-state index in [2.05, 4.69) is 36.1 Å². The van der Waals surface area contributed by atoms with Crippen molar-refractivity contribution in [3.8, 4) is 0 Å². The van der Waals surface area contributed by atoms with Crippen molar-refractivity contribution in [2.75, 3.05) is 7.11 Å². The minimum atomic E-state index is -0.401. The Balaban J connectivity index is 2.64. The number of hydrogen-bond donors (Lipinski definition) is 1. The first kappa shape index (κ1) is 9.14. The molecule has 72 valence electrons. The third-order valence-electron chi connectivity index (χ3n) is 1.81. The van der Waals surface area contributed by atoms with Crippen LogP contribution in [0.2, 0.25) is 0 Å². The van der Waals surface area contributed by atoms with E-state index in [1.807, 2.05) is 0 Å². The molecule has 0 spiro atoms. The van der Waals surface area contributed by atoms with Crippen molar-refractivity contribution in [2.24, 2.45) is 0 Å². The minimum absolute atomic E-state index is 0.401. The Kier molecular flexibility index (Phi) is 2.20. The molecule has 0 aliphatic carbocycles. The molecule has 5 nitrogen and oxygen atoms in total. The molecule has 0 unspecified atom stereocenters. The quantitative estimate of drug-likeness (QED) is 0.785. The summed E-state index contributed by atoms with van der Waals surface area (Å²) in [4.78, 5) is 11.3. The highest BCUT2D eigenvalue weighted by molar-refractivity contribution is 9.10. The molecule has 0 saturated carbocycles. The van der Waals surface area contributed by atoms with Crippen LogP contribution in [-0.2, 0) is 4.74 Å². The van der Waals surface area contributed by atoms with Gasteiger partial charge in [0, 0.05) is 4.47 Å². The van der Waals surface area contributed by atoms with Gasteiger partial charge in [0.15, 0.2) is 0 Å². The number of carbonyl (C=O) groups excluding carboxylic acids is 1. The number of halogens is 1. The molecule has 1 heterocycles. The Bertz CT molecular complexity index is 494. The average molecular weight is 256 g/mol. The van der Waals surface area contributed by atoms with E-state index in [0.717, 1.165) is 0 Å². The lowest BCUT2D eigenvalue weighted by Crippen LogP contribution is -2.02. The third kappa shape index (κ3) is 1.37. The summed E-state index contributed by atoms with van der Waals surface area (Å²) in [6.07, 6.45) is 0. The predicted octanol–water partition coefficient (Wildman–Crippen LogP) is 1.51. The largest absolute Gasteiger partial charge is 0.465 e. The molecule has 0 saturated heterocycles. The van der Waals surface area contributed by atoms with Gasteiger partial charge in [-0.3, -0.25) is 0 Å². The van der Waals surface area contributed by atoms with Gasteiger partial charge in [0.1, 0.15) is 11.0 Å². The van der Waals surface area contributed by atoms with Crippen LogP contribution in [0.4, 0.5) is 0 Å². The Morgan fingerprint density at radius 2 is 2.07 bits per heavy atom. The Morgan fingerprint density at radius 3 is 2.71 bits per heavy atom. The fourth-order valence-electron chi connectivity index (χ4n) is 1.13. The van der Waals surface area contributed by atoms with Crippen LogP contribution in [0.1, 0.15) is 10.4 Å². The lowest BCUT2D eigenvalue weighted by Gasteiger charge is -2.00. The second-order valence-electron chi connectivity index (χ2n) is 2.64. The molecular weight excluding hydrogens is 250 g/mol. The smallest absolute Gasteiger partial charge is 0.339 e. The highest BCUT2D eigenvalue weighted by Gasteiger charge is 2.12. The number of benzene rings is 1. The number of nitrogens with one attached hydrogen (secondary N) is 1. The second kappa shape index (κ2) is 3.38. The predicted molar refractivity (Wildman–Crippen MR) is 52.9 cm³/mol. The molecule has 1 aromatic heterocycles. The van der Waals surface area contributed by atoms with E-state index < -0.39 is 5.97 Å². The lowest BCUT2D eigenvalue weighted by molar-refractivity contribution is 0.0600. The average Bonchev–Trinajstić information content (AvgIpc) is 2.62. The van der Waals surface area contributed by atoms with Crippen molar-refractivity contribution in [1.82, 2.24) is 15.4 Å². The standard InChI is InChI=1S/C8H6BrN3O2/c1-14-8(13)4-2-6-7(3-5(4)9)11-12-10-6/h2-3H,1H3,(H,10,11,12). The van der Waals surface area contributed by atoms with E-state index in [4.69, 9.17) is 0 Å². The topological polar surface area (TPSA) is 67.9 Å². The molecule has 0 bridgehead atoms. The van der Waals surface area contributed by atoms with Crippen LogP contribution in [-0.4, -0.2) is 28.5 Å². The van der Waals surface area contributed by atoms with Gasteiger partial charge in [0.2, 0.25) is 0 Å². The molecule has 2 rings (SSSR count). The summed E-state index contributed by atoms with van der Waals surface area (Å²) in [5.41, 5.74) is 1.77. The lowest BCUT2D eigenvalue weighted by atomic mass is 10.2. The normalized spacial score (nSPS) is 10.4. The zero-order valence-corrected chi connectivity index (χ0v) is 8.83. The van der Waals surface area contributed by atoms with Gasteiger partial charge in [-0.1, -0.05) is 0 Å². The Hall–Kier alpha value is -1.43. The van der Waals surface area contributed by atoms with Crippen LogP contribution in [0.3, 0.4) is 0 Å². The molecule has 1 aromatic carbocycles. The van der Waals surface area contributed by atoms with Gasteiger partial charge in [-0.25, -0.2) is 4.79 Å². The number of carbonyl (C=O) groups is 1.